The van der Waals surface area contributed by atoms with Crippen molar-refractivity contribution in [3.05, 3.63) is 11.6 Å². The van der Waals surface area contributed by atoms with Crippen molar-refractivity contribution in [1.82, 2.24) is 0 Å². The second-order valence-electron chi connectivity index (χ2n) is 4.13. The molecule has 0 unspecified atom stereocenters. The van der Waals surface area contributed by atoms with E-state index in [0.29, 0.717) is 24.8 Å². The molecule has 4 heteroatoms. The molecule has 0 aromatic carbocycles. The van der Waals surface area contributed by atoms with Crippen molar-refractivity contribution >= 4 is 11.9 Å². The molecular formula is C13H22O4. The first-order valence-electron chi connectivity index (χ1n) is 6.22. The van der Waals surface area contributed by atoms with Crippen molar-refractivity contribution < 1.29 is 19.8 Å². The molecule has 0 saturated carbocycles. The Morgan fingerprint density at radius 1 is 1.00 bits per heavy atom. The van der Waals surface area contributed by atoms with Crippen molar-refractivity contribution in [2.24, 2.45) is 0 Å². The Morgan fingerprint density at radius 2 is 1.65 bits per heavy atom. The number of carboxylic acids is 2. The van der Waals surface area contributed by atoms with Crippen molar-refractivity contribution in [2.75, 3.05) is 0 Å². The Labute approximate surface area is 102 Å². The van der Waals surface area contributed by atoms with E-state index < -0.39 is 11.9 Å². The molecule has 0 saturated heterocycles. The molecule has 0 aliphatic carbocycles. The molecule has 0 amide bonds. The minimum absolute atomic E-state index is 0.114. The summed E-state index contributed by atoms with van der Waals surface area (Å²) in [7, 11) is 0. The monoisotopic (exact) mass is 242 g/mol. The Morgan fingerprint density at radius 3 is 2.18 bits per heavy atom. The van der Waals surface area contributed by atoms with Gasteiger partial charge in [-0.25, -0.2) is 4.79 Å². The maximum absolute atomic E-state index is 10.9. The van der Waals surface area contributed by atoms with Crippen LogP contribution < -0.4 is 0 Å². The highest BCUT2D eigenvalue weighted by atomic mass is 16.4. The predicted molar refractivity (Wildman–Crippen MR) is 66.0 cm³/mol. The van der Waals surface area contributed by atoms with Crippen molar-refractivity contribution in [2.45, 2.75) is 58.3 Å². The van der Waals surface area contributed by atoms with Crippen LogP contribution in [-0.2, 0) is 9.59 Å². The molecular weight excluding hydrogens is 220 g/mol. The van der Waals surface area contributed by atoms with Gasteiger partial charge in [0.1, 0.15) is 0 Å². The van der Waals surface area contributed by atoms with E-state index in [1.807, 2.05) is 0 Å². The number of hydrogen-bond acceptors (Lipinski definition) is 2. The summed E-state index contributed by atoms with van der Waals surface area (Å²) in [5.41, 5.74) is 0.423. The molecule has 0 radical (unpaired) electrons. The van der Waals surface area contributed by atoms with Crippen LogP contribution in [0.1, 0.15) is 58.3 Å². The zero-order valence-corrected chi connectivity index (χ0v) is 10.4. The van der Waals surface area contributed by atoms with Gasteiger partial charge in [-0.15, -0.1) is 0 Å². The number of rotatable bonds is 10. The van der Waals surface area contributed by atoms with Crippen LogP contribution >= 0.6 is 0 Å². The third-order valence-electron chi connectivity index (χ3n) is 2.56. The fourth-order valence-corrected chi connectivity index (χ4v) is 1.56. The largest absolute Gasteiger partial charge is 0.481 e. The molecule has 0 bridgehead atoms. The van der Waals surface area contributed by atoms with Crippen molar-refractivity contribution in [3.63, 3.8) is 0 Å². The molecule has 2 N–H and O–H groups in total. The highest BCUT2D eigenvalue weighted by molar-refractivity contribution is 5.86. The molecule has 0 spiro atoms. The summed E-state index contributed by atoms with van der Waals surface area (Å²) in [6.45, 7) is 2.10. The fraction of sp³-hybridized carbons (Fsp3) is 0.692. The first-order chi connectivity index (χ1) is 8.07. The van der Waals surface area contributed by atoms with E-state index in [1.54, 1.807) is 6.08 Å². The van der Waals surface area contributed by atoms with Crippen molar-refractivity contribution in [1.29, 1.82) is 0 Å². The molecule has 0 heterocycles. The van der Waals surface area contributed by atoms with Gasteiger partial charge in [-0.05, 0) is 32.1 Å². The van der Waals surface area contributed by atoms with Crippen LogP contribution in [-0.4, -0.2) is 22.2 Å². The fourth-order valence-electron chi connectivity index (χ4n) is 1.56. The molecule has 0 fully saturated rings. The number of carboxylic acid groups (broad SMARTS) is 2. The van der Waals surface area contributed by atoms with Crippen LogP contribution in [0.15, 0.2) is 11.6 Å². The molecule has 0 aromatic heterocycles. The molecule has 0 aliphatic heterocycles. The Balaban J connectivity index is 3.89. The molecule has 0 rings (SSSR count). The van der Waals surface area contributed by atoms with Gasteiger partial charge < -0.3 is 10.2 Å². The first kappa shape index (κ1) is 15.7. The third-order valence-corrected chi connectivity index (χ3v) is 2.56. The van der Waals surface area contributed by atoms with Crippen molar-refractivity contribution in [3.8, 4) is 0 Å². The molecule has 0 aromatic rings. The van der Waals surface area contributed by atoms with Gasteiger partial charge in [0.25, 0.3) is 0 Å². The predicted octanol–water partition coefficient (Wildman–Crippen LogP) is 3.22. The minimum atomic E-state index is -0.878. The van der Waals surface area contributed by atoms with Gasteiger partial charge in [-0.3, -0.25) is 4.79 Å². The Hall–Kier alpha value is -1.32. The average Bonchev–Trinajstić information content (AvgIpc) is 2.26. The second-order valence-corrected chi connectivity index (χ2v) is 4.13. The summed E-state index contributed by atoms with van der Waals surface area (Å²) in [4.78, 5) is 21.2. The number of unbranched alkanes of at least 4 members (excludes halogenated alkanes) is 4. The lowest BCUT2D eigenvalue weighted by atomic mass is 10.0. The summed E-state index contributed by atoms with van der Waals surface area (Å²) in [6, 6.07) is 0. The van der Waals surface area contributed by atoms with Gasteiger partial charge in [0.15, 0.2) is 0 Å². The second kappa shape index (κ2) is 9.87. The zero-order chi connectivity index (χ0) is 13.1. The topological polar surface area (TPSA) is 74.6 Å². The minimum Gasteiger partial charge on any atom is -0.481 e. The van der Waals surface area contributed by atoms with Crippen LogP contribution in [0.25, 0.3) is 0 Å². The van der Waals surface area contributed by atoms with Crippen LogP contribution in [0.5, 0.6) is 0 Å². The quantitative estimate of drug-likeness (QED) is 0.455. The maximum Gasteiger partial charge on any atom is 0.331 e. The lowest BCUT2D eigenvalue weighted by Gasteiger charge is -2.02. The van der Waals surface area contributed by atoms with Crippen LogP contribution in [0.4, 0.5) is 0 Å². The van der Waals surface area contributed by atoms with E-state index in [0.717, 1.165) is 25.7 Å². The zero-order valence-electron chi connectivity index (χ0n) is 10.4. The smallest absolute Gasteiger partial charge is 0.331 e. The molecule has 0 aliphatic rings. The number of hydrogen-bond donors (Lipinski definition) is 2. The Kier molecular flexibility index (Phi) is 9.11. The summed E-state index contributed by atoms with van der Waals surface area (Å²) in [6.07, 6.45) is 7.57. The molecule has 98 valence electrons. The first-order valence-corrected chi connectivity index (χ1v) is 6.22. The molecule has 0 atom stereocenters. The third kappa shape index (κ3) is 9.60. The summed E-state index contributed by atoms with van der Waals surface area (Å²) in [5, 5.41) is 17.4. The van der Waals surface area contributed by atoms with Crippen LogP contribution in [0.3, 0.4) is 0 Å². The van der Waals surface area contributed by atoms with E-state index >= 15 is 0 Å². The maximum atomic E-state index is 10.9. The lowest BCUT2D eigenvalue weighted by molar-refractivity contribution is -0.137. The normalized spacial score (nSPS) is 11.5. The number of carbonyl (C=O) groups is 2. The summed E-state index contributed by atoms with van der Waals surface area (Å²) >= 11 is 0. The van der Waals surface area contributed by atoms with Gasteiger partial charge in [0, 0.05) is 12.0 Å². The van der Waals surface area contributed by atoms with Gasteiger partial charge in [0.05, 0.1) is 0 Å². The Bertz CT molecular complexity index is 269. The van der Waals surface area contributed by atoms with Crippen LogP contribution in [0, 0.1) is 0 Å². The average molecular weight is 242 g/mol. The van der Waals surface area contributed by atoms with E-state index in [2.05, 4.69) is 6.92 Å². The van der Waals surface area contributed by atoms with E-state index in [4.69, 9.17) is 10.2 Å². The highest BCUT2D eigenvalue weighted by Gasteiger charge is 2.06. The van der Waals surface area contributed by atoms with Crippen LogP contribution in [0.2, 0.25) is 0 Å². The van der Waals surface area contributed by atoms with Gasteiger partial charge >= 0.3 is 11.9 Å². The SMILES string of the molecule is CCCCCC=C(CCCCC(=O)O)C(=O)O. The van der Waals surface area contributed by atoms with Gasteiger partial charge in [-0.1, -0.05) is 25.8 Å². The number of aliphatic carboxylic acids is 2. The van der Waals surface area contributed by atoms with E-state index in [1.165, 1.54) is 0 Å². The highest BCUT2D eigenvalue weighted by Crippen LogP contribution is 2.12. The molecule has 4 nitrogen and oxygen atoms in total. The lowest BCUT2D eigenvalue weighted by Crippen LogP contribution is -2.01. The standard InChI is InChI=1S/C13H22O4/c1-2-3-4-5-8-11(13(16)17)9-6-7-10-12(14)15/h8H,2-7,9-10H2,1H3,(H,14,15)(H,16,17). The summed E-state index contributed by atoms with van der Waals surface area (Å²) < 4.78 is 0. The number of allylic oxidation sites excluding steroid dienone is 1. The molecule has 17 heavy (non-hydrogen) atoms. The summed E-state index contributed by atoms with van der Waals surface area (Å²) in [5.74, 6) is -1.70. The van der Waals surface area contributed by atoms with E-state index in [-0.39, 0.29) is 6.42 Å². The van der Waals surface area contributed by atoms with Gasteiger partial charge in [0.2, 0.25) is 0 Å². The van der Waals surface area contributed by atoms with E-state index in [9.17, 15) is 9.59 Å². The van der Waals surface area contributed by atoms with Gasteiger partial charge in [-0.2, -0.15) is 0 Å².